The van der Waals surface area contributed by atoms with Crippen molar-refractivity contribution in [1.82, 2.24) is 0 Å². The average Bonchev–Trinajstić information content (AvgIpc) is 2.98. The van der Waals surface area contributed by atoms with Crippen molar-refractivity contribution >= 4 is 16.9 Å². The molecule has 1 aliphatic rings. The fourth-order valence-electron chi connectivity index (χ4n) is 3.36. The summed E-state index contributed by atoms with van der Waals surface area (Å²) < 4.78 is 22.8. The van der Waals surface area contributed by atoms with Crippen molar-refractivity contribution in [3.63, 3.8) is 0 Å². The first-order chi connectivity index (χ1) is 14.8. The Morgan fingerprint density at radius 3 is 2.52 bits per heavy atom. The molecular formula is C25H26O6. The Hall–Kier alpha value is -3.28. The first kappa shape index (κ1) is 21.0. The maximum Gasteiger partial charge on any atom is 0.316 e. The van der Waals surface area contributed by atoms with Crippen molar-refractivity contribution < 1.29 is 23.4 Å². The third-order valence-corrected chi connectivity index (χ3v) is 5.21. The van der Waals surface area contributed by atoms with Crippen LogP contribution < -0.4 is 19.6 Å². The van der Waals surface area contributed by atoms with Crippen LogP contribution in [0.25, 0.3) is 22.1 Å². The summed E-state index contributed by atoms with van der Waals surface area (Å²) in [4.78, 5) is 25.6. The van der Waals surface area contributed by atoms with Gasteiger partial charge in [0.05, 0.1) is 29.6 Å². The van der Waals surface area contributed by atoms with Crippen LogP contribution in [0, 0.1) is 5.41 Å². The minimum absolute atomic E-state index is 0.154. The number of benzene rings is 2. The van der Waals surface area contributed by atoms with Crippen LogP contribution in [-0.4, -0.2) is 19.2 Å². The highest BCUT2D eigenvalue weighted by Crippen LogP contribution is 2.34. The molecule has 1 aromatic heterocycles. The summed E-state index contributed by atoms with van der Waals surface area (Å²) in [6.45, 7) is 8.51. The van der Waals surface area contributed by atoms with Crippen molar-refractivity contribution in [2.75, 3.05) is 13.2 Å². The summed E-state index contributed by atoms with van der Waals surface area (Å²) in [6, 6.07) is 8.81. The Kier molecular flexibility index (Phi) is 5.48. The number of fused-ring (bicyclic) bond motifs is 2. The van der Waals surface area contributed by atoms with Gasteiger partial charge in [0.15, 0.2) is 11.5 Å². The molecule has 0 N–H and O–H groups in total. The summed E-state index contributed by atoms with van der Waals surface area (Å²) in [5.41, 5.74) is 1.48. The molecule has 6 heteroatoms. The molecule has 0 bridgehead atoms. The fourth-order valence-corrected chi connectivity index (χ4v) is 3.36. The minimum Gasteiger partial charge on any atom is -0.490 e. The molecule has 0 atom stereocenters. The molecule has 162 valence electrons. The van der Waals surface area contributed by atoms with E-state index in [1.165, 1.54) is 6.26 Å². The van der Waals surface area contributed by atoms with E-state index in [1.54, 1.807) is 39.0 Å². The van der Waals surface area contributed by atoms with Crippen molar-refractivity contribution in [1.29, 1.82) is 0 Å². The van der Waals surface area contributed by atoms with Crippen LogP contribution in [0.2, 0.25) is 0 Å². The van der Waals surface area contributed by atoms with Crippen LogP contribution in [0.3, 0.4) is 0 Å². The molecule has 2 heterocycles. The summed E-state index contributed by atoms with van der Waals surface area (Å²) >= 11 is 0. The molecule has 0 unspecified atom stereocenters. The van der Waals surface area contributed by atoms with Crippen molar-refractivity contribution in [2.45, 2.75) is 40.5 Å². The smallest absolute Gasteiger partial charge is 0.316 e. The van der Waals surface area contributed by atoms with Gasteiger partial charge in [0, 0.05) is 12.5 Å². The van der Waals surface area contributed by atoms with E-state index in [-0.39, 0.29) is 11.4 Å². The first-order valence-electron chi connectivity index (χ1n) is 10.5. The van der Waals surface area contributed by atoms with Crippen molar-refractivity contribution in [2.24, 2.45) is 5.41 Å². The van der Waals surface area contributed by atoms with Gasteiger partial charge in [0.1, 0.15) is 17.6 Å². The number of hydrogen-bond donors (Lipinski definition) is 0. The third kappa shape index (κ3) is 4.15. The van der Waals surface area contributed by atoms with E-state index in [0.29, 0.717) is 59.0 Å². The third-order valence-electron chi connectivity index (χ3n) is 5.21. The Balaban J connectivity index is 1.77. The molecule has 1 aliphatic heterocycles. The molecule has 6 nitrogen and oxygen atoms in total. The molecule has 31 heavy (non-hydrogen) atoms. The molecule has 2 aromatic carbocycles. The van der Waals surface area contributed by atoms with Crippen molar-refractivity contribution in [3.05, 3.63) is 52.4 Å². The van der Waals surface area contributed by atoms with Gasteiger partial charge in [-0.3, -0.25) is 9.59 Å². The summed E-state index contributed by atoms with van der Waals surface area (Å²) in [6.07, 6.45) is 2.85. The Morgan fingerprint density at radius 1 is 1.06 bits per heavy atom. The molecule has 0 fully saturated rings. The van der Waals surface area contributed by atoms with Gasteiger partial charge in [-0.2, -0.15) is 0 Å². The Bertz CT molecular complexity index is 1200. The number of hydrogen-bond acceptors (Lipinski definition) is 6. The summed E-state index contributed by atoms with van der Waals surface area (Å²) in [7, 11) is 0. The molecule has 0 radical (unpaired) electrons. The van der Waals surface area contributed by atoms with Gasteiger partial charge in [0.2, 0.25) is 5.43 Å². The zero-order chi connectivity index (χ0) is 22.2. The van der Waals surface area contributed by atoms with Crippen molar-refractivity contribution in [3.8, 4) is 28.4 Å². The van der Waals surface area contributed by atoms with Gasteiger partial charge in [-0.1, -0.05) is 13.0 Å². The highest BCUT2D eigenvalue weighted by molar-refractivity contribution is 5.86. The van der Waals surface area contributed by atoms with E-state index in [9.17, 15) is 9.59 Å². The number of rotatable bonds is 3. The second kappa shape index (κ2) is 8.10. The van der Waals surface area contributed by atoms with Crippen LogP contribution in [0.1, 0.15) is 39.7 Å². The maximum atomic E-state index is 13.3. The Morgan fingerprint density at radius 2 is 1.81 bits per heavy atom. The molecule has 3 aromatic rings. The largest absolute Gasteiger partial charge is 0.490 e. The lowest BCUT2D eigenvalue weighted by molar-refractivity contribution is -0.143. The SMILES string of the molecule is CCc1cc2c(=O)c(-c3ccc4c(c3)OCCCO4)coc2cc1OC(=O)C(C)(C)C. The zero-order valence-corrected chi connectivity index (χ0v) is 18.2. The van der Waals surface area contributed by atoms with E-state index in [0.717, 1.165) is 12.0 Å². The van der Waals surface area contributed by atoms with E-state index in [2.05, 4.69) is 0 Å². The average molecular weight is 422 g/mol. The lowest BCUT2D eigenvalue weighted by atomic mass is 9.97. The standard InChI is InChI=1S/C25H26O6/c1-5-15-11-17-21(13-20(15)31-24(27)25(2,3)4)30-14-18(23(17)26)16-7-8-19-22(12-16)29-10-6-9-28-19/h7-8,11-14H,5-6,9-10H2,1-4H3. The normalized spacial score (nSPS) is 13.7. The van der Waals surface area contributed by atoms with Gasteiger partial charge in [-0.25, -0.2) is 0 Å². The monoisotopic (exact) mass is 422 g/mol. The van der Waals surface area contributed by atoms with Crippen LogP contribution in [0.4, 0.5) is 0 Å². The number of carbonyl (C=O) groups is 1. The van der Waals surface area contributed by atoms with Crippen LogP contribution >= 0.6 is 0 Å². The second-order valence-electron chi connectivity index (χ2n) is 8.64. The highest BCUT2D eigenvalue weighted by Gasteiger charge is 2.25. The van der Waals surface area contributed by atoms with E-state index in [4.69, 9.17) is 18.6 Å². The predicted molar refractivity (Wildman–Crippen MR) is 118 cm³/mol. The number of esters is 1. The molecule has 0 aliphatic carbocycles. The number of ether oxygens (including phenoxy) is 3. The van der Waals surface area contributed by atoms with Crippen LogP contribution in [0.15, 0.2) is 45.8 Å². The minimum atomic E-state index is -0.637. The lowest BCUT2D eigenvalue weighted by Gasteiger charge is -2.18. The fraction of sp³-hybridized carbons (Fsp3) is 0.360. The molecule has 0 spiro atoms. The van der Waals surface area contributed by atoms with E-state index < -0.39 is 5.41 Å². The lowest BCUT2D eigenvalue weighted by Crippen LogP contribution is -2.26. The second-order valence-corrected chi connectivity index (χ2v) is 8.64. The first-order valence-corrected chi connectivity index (χ1v) is 10.5. The van der Waals surface area contributed by atoms with Crippen LogP contribution in [-0.2, 0) is 11.2 Å². The van der Waals surface area contributed by atoms with E-state index >= 15 is 0 Å². The Labute approximate surface area is 180 Å². The molecule has 0 amide bonds. The number of carbonyl (C=O) groups excluding carboxylic acids is 1. The van der Waals surface area contributed by atoms with Gasteiger partial charge in [-0.15, -0.1) is 0 Å². The van der Waals surface area contributed by atoms with E-state index in [1.807, 2.05) is 19.1 Å². The molecule has 4 rings (SSSR count). The van der Waals surface area contributed by atoms with Gasteiger partial charge >= 0.3 is 5.97 Å². The summed E-state index contributed by atoms with van der Waals surface area (Å²) in [5.74, 6) is 1.37. The zero-order valence-electron chi connectivity index (χ0n) is 18.2. The molecule has 0 saturated carbocycles. The van der Waals surface area contributed by atoms with Crippen LogP contribution in [0.5, 0.6) is 17.2 Å². The van der Waals surface area contributed by atoms with Gasteiger partial charge in [-0.05, 0) is 56.5 Å². The topological polar surface area (TPSA) is 75.0 Å². The predicted octanol–water partition coefficient (Wildman–Crippen LogP) is 5.14. The highest BCUT2D eigenvalue weighted by atomic mass is 16.5. The summed E-state index contributed by atoms with van der Waals surface area (Å²) in [5, 5.41) is 0.442. The van der Waals surface area contributed by atoms with Gasteiger partial charge < -0.3 is 18.6 Å². The maximum absolute atomic E-state index is 13.3. The molecular weight excluding hydrogens is 396 g/mol. The molecule has 0 saturated heterocycles. The quantitative estimate of drug-likeness (QED) is 0.430. The van der Waals surface area contributed by atoms with Gasteiger partial charge in [0.25, 0.3) is 0 Å². The number of aryl methyl sites for hydroxylation is 1.